The molecule has 0 aliphatic carbocycles. The van der Waals surface area contributed by atoms with Crippen LogP contribution in [0.25, 0.3) is 22.4 Å². The Bertz CT molecular complexity index is 945. The average molecular weight is 339 g/mol. The van der Waals surface area contributed by atoms with E-state index < -0.39 is 4.92 Å². The summed E-state index contributed by atoms with van der Waals surface area (Å²) in [6.07, 6.45) is 3.74. The van der Waals surface area contributed by atoms with Gasteiger partial charge in [-0.3, -0.25) is 14.9 Å². The van der Waals surface area contributed by atoms with Crippen molar-refractivity contribution in [2.45, 2.75) is 0 Å². The molecule has 6 nitrogen and oxygen atoms in total. The molecule has 0 spiro atoms. The fourth-order valence-electron chi connectivity index (χ4n) is 2.18. The number of hydrogen-bond donors (Lipinski definition) is 1. The standard InChI is InChI=1S/C17H13N3O3S/c1-18-17(21)12-5-2-11(3-6-12)4-9-16-19-14-10-13(20(22)23)7-8-15(14)24-16/h2-10H,1H3,(H,18,21). The number of nitro benzene ring substituents is 1. The summed E-state index contributed by atoms with van der Waals surface area (Å²) in [6.45, 7) is 0. The van der Waals surface area contributed by atoms with E-state index in [4.69, 9.17) is 0 Å². The van der Waals surface area contributed by atoms with E-state index in [1.807, 2.05) is 24.3 Å². The maximum Gasteiger partial charge on any atom is 0.271 e. The monoisotopic (exact) mass is 339 g/mol. The summed E-state index contributed by atoms with van der Waals surface area (Å²) in [6, 6.07) is 11.9. The third-order valence-corrected chi connectivity index (χ3v) is 4.42. The number of fused-ring (bicyclic) bond motifs is 1. The topological polar surface area (TPSA) is 85.1 Å². The van der Waals surface area contributed by atoms with Crippen molar-refractivity contribution in [1.29, 1.82) is 0 Å². The van der Waals surface area contributed by atoms with Crippen LogP contribution >= 0.6 is 11.3 Å². The minimum absolute atomic E-state index is 0.0353. The van der Waals surface area contributed by atoms with E-state index in [0.29, 0.717) is 11.1 Å². The molecule has 1 N–H and O–H groups in total. The predicted molar refractivity (Wildman–Crippen MR) is 95.0 cm³/mol. The molecular formula is C17H13N3O3S. The van der Waals surface area contributed by atoms with Crippen LogP contribution in [0.5, 0.6) is 0 Å². The summed E-state index contributed by atoms with van der Waals surface area (Å²) >= 11 is 1.46. The van der Waals surface area contributed by atoms with Gasteiger partial charge in [0.1, 0.15) is 5.01 Å². The highest BCUT2D eigenvalue weighted by Gasteiger charge is 2.09. The molecule has 0 aliphatic heterocycles. The Morgan fingerprint density at radius 2 is 1.96 bits per heavy atom. The Labute approximate surface area is 141 Å². The highest BCUT2D eigenvalue weighted by atomic mass is 32.1. The molecule has 0 aliphatic rings. The number of nitrogens with zero attached hydrogens (tertiary/aromatic N) is 2. The molecule has 0 saturated heterocycles. The molecule has 3 aromatic rings. The zero-order valence-corrected chi connectivity index (χ0v) is 13.5. The molecule has 0 fully saturated rings. The van der Waals surface area contributed by atoms with E-state index in [0.717, 1.165) is 15.3 Å². The first-order valence-electron chi connectivity index (χ1n) is 7.12. The van der Waals surface area contributed by atoms with Crippen LogP contribution in [0.3, 0.4) is 0 Å². The number of amides is 1. The third-order valence-electron chi connectivity index (χ3n) is 3.42. The highest BCUT2D eigenvalue weighted by Crippen LogP contribution is 2.27. The van der Waals surface area contributed by atoms with Crippen molar-refractivity contribution in [2.24, 2.45) is 0 Å². The van der Waals surface area contributed by atoms with Crippen LogP contribution < -0.4 is 5.32 Å². The van der Waals surface area contributed by atoms with Gasteiger partial charge in [0.05, 0.1) is 15.1 Å². The molecule has 0 bridgehead atoms. The first-order chi connectivity index (χ1) is 11.6. The fourth-order valence-corrected chi connectivity index (χ4v) is 3.03. The number of thiazole rings is 1. The maximum atomic E-state index is 11.5. The Kier molecular flexibility index (Phi) is 4.35. The van der Waals surface area contributed by atoms with Crippen molar-refractivity contribution in [3.8, 4) is 0 Å². The quantitative estimate of drug-likeness (QED) is 0.580. The van der Waals surface area contributed by atoms with E-state index in [1.165, 1.54) is 23.5 Å². The van der Waals surface area contributed by atoms with Crippen LogP contribution in [-0.4, -0.2) is 22.9 Å². The lowest BCUT2D eigenvalue weighted by molar-refractivity contribution is -0.384. The van der Waals surface area contributed by atoms with E-state index in [-0.39, 0.29) is 11.6 Å². The largest absolute Gasteiger partial charge is 0.355 e. The minimum atomic E-state index is -0.428. The molecular weight excluding hydrogens is 326 g/mol. The van der Waals surface area contributed by atoms with E-state index in [1.54, 1.807) is 25.2 Å². The first-order valence-corrected chi connectivity index (χ1v) is 7.93. The van der Waals surface area contributed by atoms with Gasteiger partial charge in [0.25, 0.3) is 11.6 Å². The van der Waals surface area contributed by atoms with Crippen LogP contribution in [-0.2, 0) is 0 Å². The van der Waals surface area contributed by atoms with E-state index in [9.17, 15) is 14.9 Å². The van der Waals surface area contributed by atoms with Crippen LogP contribution in [0.4, 0.5) is 5.69 Å². The van der Waals surface area contributed by atoms with Crippen LogP contribution in [0.2, 0.25) is 0 Å². The second kappa shape index (κ2) is 6.59. The summed E-state index contributed by atoms with van der Waals surface area (Å²) in [5, 5.41) is 14.1. The third kappa shape index (κ3) is 3.31. The van der Waals surface area contributed by atoms with Crippen LogP contribution in [0, 0.1) is 10.1 Å². The summed E-state index contributed by atoms with van der Waals surface area (Å²) in [4.78, 5) is 26.3. The van der Waals surface area contributed by atoms with Crippen LogP contribution in [0.1, 0.15) is 20.9 Å². The summed E-state index contributed by atoms with van der Waals surface area (Å²) in [5.74, 6) is -0.127. The number of carbonyl (C=O) groups excluding carboxylic acids is 1. The second-order valence-corrected chi connectivity index (χ2v) is 6.06. The number of benzene rings is 2. The lowest BCUT2D eigenvalue weighted by Crippen LogP contribution is -2.17. The zero-order valence-electron chi connectivity index (χ0n) is 12.7. The fraction of sp³-hybridized carbons (Fsp3) is 0.0588. The minimum Gasteiger partial charge on any atom is -0.355 e. The Morgan fingerprint density at radius 3 is 2.62 bits per heavy atom. The molecule has 0 atom stereocenters. The van der Waals surface area contributed by atoms with Gasteiger partial charge in [0.2, 0.25) is 0 Å². The number of nitrogens with one attached hydrogen (secondary N) is 1. The van der Waals surface area contributed by atoms with Crippen molar-refractivity contribution in [1.82, 2.24) is 10.3 Å². The molecule has 2 aromatic carbocycles. The van der Waals surface area contributed by atoms with Gasteiger partial charge in [-0.05, 0) is 29.8 Å². The van der Waals surface area contributed by atoms with Crippen molar-refractivity contribution < 1.29 is 9.72 Å². The first kappa shape index (κ1) is 15.8. The Hall–Kier alpha value is -3.06. The maximum absolute atomic E-state index is 11.5. The van der Waals surface area contributed by atoms with Gasteiger partial charge in [-0.1, -0.05) is 18.2 Å². The number of rotatable bonds is 4. The molecule has 0 radical (unpaired) electrons. The van der Waals surface area contributed by atoms with Gasteiger partial charge in [-0.15, -0.1) is 11.3 Å². The van der Waals surface area contributed by atoms with Gasteiger partial charge in [0.15, 0.2) is 0 Å². The Balaban J connectivity index is 1.82. The summed E-state index contributed by atoms with van der Waals surface area (Å²) < 4.78 is 0.898. The molecule has 7 heteroatoms. The summed E-state index contributed by atoms with van der Waals surface area (Å²) in [7, 11) is 1.59. The predicted octanol–water partition coefficient (Wildman–Crippen LogP) is 3.73. The smallest absolute Gasteiger partial charge is 0.271 e. The molecule has 1 amide bonds. The summed E-state index contributed by atoms with van der Waals surface area (Å²) in [5.41, 5.74) is 2.19. The number of non-ortho nitro benzene ring substituents is 1. The number of hydrogen-bond acceptors (Lipinski definition) is 5. The normalized spacial score (nSPS) is 11.0. The van der Waals surface area contributed by atoms with Gasteiger partial charge < -0.3 is 5.32 Å². The van der Waals surface area contributed by atoms with Crippen molar-refractivity contribution >= 4 is 45.3 Å². The molecule has 24 heavy (non-hydrogen) atoms. The number of nitro groups is 1. The lowest BCUT2D eigenvalue weighted by Gasteiger charge is -1.99. The molecule has 0 unspecified atom stereocenters. The Morgan fingerprint density at radius 1 is 1.21 bits per heavy atom. The van der Waals surface area contributed by atoms with Crippen molar-refractivity contribution in [3.05, 3.63) is 68.7 Å². The highest BCUT2D eigenvalue weighted by molar-refractivity contribution is 7.19. The van der Waals surface area contributed by atoms with Crippen LogP contribution in [0.15, 0.2) is 42.5 Å². The van der Waals surface area contributed by atoms with Crippen molar-refractivity contribution in [3.63, 3.8) is 0 Å². The average Bonchev–Trinajstić information content (AvgIpc) is 3.01. The van der Waals surface area contributed by atoms with E-state index in [2.05, 4.69) is 10.3 Å². The molecule has 0 saturated carbocycles. The number of aromatic nitrogens is 1. The van der Waals surface area contributed by atoms with E-state index >= 15 is 0 Å². The van der Waals surface area contributed by atoms with Gasteiger partial charge in [-0.25, -0.2) is 4.98 Å². The zero-order chi connectivity index (χ0) is 17.1. The van der Waals surface area contributed by atoms with Gasteiger partial charge in [-0.2, -0.15) is 0 Å². The lowest BCUT2D eigenvalue weighted by atomic mass is 10.1. The molecule has 3 rings (SSSR count). The molecule has 120 valence electrons. The number of carbonyl (C=O) groups is 1. The SMILES string of the molecule is CNC(=O)c1ccc(C=Cc2nc3cc([N+](=O)[O-])ccc3s2)cc1. The van der Waals surface area contributed by atoms with Gasteiger partial charge >= 0.3 is 0 Å². The molecule has 1 heterocycles. The second-order valence-electron chi connectivity index (χ2n) is 5.00. The molecule has 1 aromatic heterocycles. The van der Waals surface area contributed by atoms with Crippen molar-refractivity contribution in [2.75, 3.05) is 7.05 Å². The van der Waals surface area contributed by atoms with Gasteiger partial charge in [0, 0.05) is 24.7 Å².